The Morgan fingerprint density at radius 2 is 1.83 bits per heavy atom. The Morgan fingerprint density at radius 3 is 2.49 bits per heavy atom. The number of hydrogen-bond donors (Lipinski definition) is 3. The van der Waals surface area contributed by atoms with Gasteiger partial charge in [-0.2, -0.15) is 0 Å². The highest BCUT2D eigenvalue weighted by Gasteiger charge is 2.33. The minimum atomic E-state index is -1.01. The van der Waals surface area contributed by atoms with Gasteiger partial charge >= 0.3 is 5.97 Å². The average molecular weight is 609 g/mol. The van der Waals surface area contributed by atoms with Crippen LogP contribution in [0.25, 0.3) is 11.3 Å². The van der Waals surface area contributed by atoms with Crippen molar-refractivity contribution in [1.29, 1.82) is 0 Å². The highest BCUT2D eigenvalue weighted by Crippen LogP contribution is 2.46. The molecular weight excluding hydrogens is 585 g/mol. The van der Waals surface area contributed by atoms with Crippen molar-refractivity contribution >= 4 is 46.5 Å². The van der Waals surface area contributed by atoms with Crippen LogP contribution in [0, 0.1) is 11.8 Å². The first-order chi connectivity index (χ1) is 19.9. The Bertz CT molecular complexity index is 1680. The van der Waals surface area contributed by atoms with E-state index >= 15 is 0 Å². The van der Waals surface area contributed by atoms with Gasteiger partial charge in [0.05, 0.1) is 32.2 Å². The van der Waals surface area contributed by atoms with Gasteiger partial charge in [0, 0.05) is 47.5 Å². The van der Waals surface area contributed by atoms with Gasteiger partial charge in [0.2, 0.25) is 0 Å². The zero-order valence-corrected chi connectivity index (χ0v) is 23.9. The van der Waals surface area contributed by atoms with Crippen LogP contribution < -0.4 is 15.4 Å². The van der Waals surface area contributed by atoms with Crippen LogP contribution in [0.4, 0.5) is 5.69 Å². The van der Waals surface area contributed by atoms with Crippen molar-refractivity contribution in [2.75, 3.05) is 18.4 Å². The summed E-state index contributed by atoms with van der Waals surface area (Å²) in [5, 5.41) is 21.7. The van der Waals surface area contributed by atoms with Crippen molar-refractivity contribution < 1.29 is 19.2 Å². The molecule has 2 aliphatic rings. The van der Waals surface area contributed by atoms with Crippen LogP contribution in [-0.2, 0) is 6.61 Å². The van der Waals surface area contributed by atoms with E-state index in [4.69, 9.17) is 44.1 Å². The standard InChI is InChI=1S/C31H24Cl3N3O4/c32-25-2-1-3-26(33)28(25)29-24(30(41-37-29)19-6-7-19)16-40-23-9-8-18(27(34)13-23)5-4-17-10-20(31(38)39)12-21(11-17)36-22-14-35-15-22/h1-3,8-13,19,22,35-36H,6-7,14-16H2,(H,38,39). The Morgan fingerprint density at radius 1 is 1.05 bits per heavy atom. The molecule has 0 amide bonds. The third-order valence-corrected chi connectivity index (χ3v) is 7.91. The topological polar surface area (TPSA) is 96.6 Å². The van der Waals surface area contributed by atoms with Gasteiger partial charge in [-0.15, -0.1) is 0 Å². The molecule has 0 bridgehead atoms. The quantitative estimate of drug-likeness (QED) is 0.182. The summed E-state index contributed by atoms with van der Waals surface area (Å²) in [6, 6.07) is 15.8. The first-order valence-electron chi connectivity index (χ1n) is 13.1. The van der Waals surface area contributed by atoms with Gasteiger partial charge in [0.15, 0.2) is 0 Å². The molecule has 0 unspecified atom stereocenters. The third kappa shape index (κ3) is 6.17. The van der Waals surface area contributed by atoms with E-state index in [1.807, 2.05) is 6.07 Å². The van der Waals surface area contributed by atoms with E-state index < -0.39 is 5.97 Å². The Balaban J connectivity index is 1.21. The van der Waals surface area contributed by atoms with Crippen LogP contribution in [0.5, 0.6) is 5.75 Å². The largest absolute Gasteiger partial charge is 0.489 e. The lowest BCUT2D eigenvalue weighted by molar-refractivity contribution is 0.0697. The lowest BCUT2D eigenvalue weighted by Crippen LogP contribution is -2.51. The van der Waals surface area contributed by atoms with Crippen molar-refractivity contribution in [3.63, 3.8) is 0 Å². The number of rotatable bonds is 8. The number of halogens is 3. The summed E-state index contributed by atoms with van der Waals surface area (Å²) < 4.78 is 11.8. The highest BCUT2D eigenvalue weighted by molar-refractivity contribution is 6.39. The maximum absolute atomic E-state index is 11.6. The summed E-state index contributed by atoms with van der Waals surface area (Å²) in [4.78, 5) is 11.6. The molecule has 0 atom stereocenters. The van der Waals surface area contributed by atoms with Crippen molar-refractivity contribution in [3.8, 4) is 28.8 Å². The van der Waals surface area contributed by atoms with E-state index in [0.29, 0.717) is 54.8 Å². The van der Waals surface area contributed by atoms with E-state index in [0.717, 1.165) is 37.3 Å². The monoisotopic (exact) mass is 607 g/mol. The number of carboxylic acid groups (broad SMARTS) is 1. The Kier molecular flexibility index (Phi) is 7.83. The number of carbonyl (C=O) groups is 1. The maximum atomic E-state index is 11.6. The van der Waals surface area contributed by atoms with E-state index in [2.05, 4.69) is 27.6 Å². The fourth-order valence-electron chi connectivity index (χ4n) is 4.56. The van der Waals surface area contributed by atoms with Crippen molar-refractivity contribution in [2.45, 2.75) is 31.4 Å². The smallest absolute Gasteiger partial charge is 0.335 e. The number of hydrogen-bond acceptors (Lipinski definition) is 6. The molecule has 10 heteroatoms. The number of ether oxygens (including phenoxy) is 1. The summed E-state index contributed by atoms with van der Waals surface area (Å²) in [6.45, 7) is 1.86. The summed E-state index contributed by atoms with van der Waals surface area (Å²) >= 11 is 19.5. The third-order valence-electron chi connectivity index (χ3n) is 6.96. The predicted molar refractivity (Wildman–Crippen MR) is 159 cm³/mol. The molecule has 208 valence electrons. The molecule has 4 aromatic rings. The fraction of sp³-hybridized carbons (Fsp3) is 0.226. The number of nitrogens with one attached hydrogen (secondary N) is 2. The summed E-state index contributed by atoms with van der Waals surface area (Å²) in [5.74, 6) is 6.72. The van der Waals surface area contributed by atoms with E-state index in [1.54, 1.807) is 48.5 Å². The number of anilines is 1. The molecule has 1 aliphatic heterocycles. The van der Waals surface area contributed by atoms with Gasteiger partial charge < -0.3 is 25.0 Å². The van der Waals surface area contributed by atoms with Crippen molar-refractivity contribution in [2.24, 2.45) is 0 Å². The van der Waals surface area contributed by atoms with Crippen LogP contribution in [0.2, 0.25) is 15.1 Å². The van der Waals surface area contributed by atoms with Crippen molar-refractivity contribution in [3.05, 3.63) is 97.7 Å². The molecule has 3 aromatic carbocycles. The second-order valence-corrected chi connectivity index (χ2v) is 11.3. The molecule has 0 spiro atoms. The summed E-state index contributed by atoms with van der Waals surface area (Å²) in [7, 11) is 0. The molecule has 0 radical (unpaired) electrons. The summed E-state index contributed by atoms with van der Waals surface area (Å²) in [6.07, 6.45) is 2.06. The molecule has 1 saturated heterocycles. The van der Waals surface area contributed by atoms with Gasteiger partial charge in [-0.05, 0) is 55.3 Å². The molecule has 1 saturated carbocycles. The molecule has 41 heavy (non-hydrogen) atoms. The molecule has 3 N–H and O–H groups in total. The number of aromatic carboxylic acids is 1. The van der Waals surface area contributed by atoms with Crippen molar-refractivity contribution in [1.82, 2.24) is 10.5 Å². The summed E-state index contributed by atoms with van der Waals surface area (Å²) in [5.41, 5.74) is 4.03. The SMILES string of the molecule is O=C(O)c1cc(C#Cc2ccc(OCc3c(-c4c(Cl)cccc4Cl)noc3C3CC3)cc2Cl)cc(NC2CNC2)c1. The van der Waals surface area contributed by atoms with E-state index in [9.17, 15) is 9.90 Å². The van der Waals surface area contributed by atoms with Crippen LogP contribution in [0.3, 0.4) is 0 Å². The second kappa shape index (κ2) is 11.7. The average Bonchev–Trinajstić information content (AvgIpc) is 3.69. The molecule has 1 aliphatic carbocycles. The zero-order valence-electron chi connectivity index (χ0n) is 21.6. The number of carboxylic acids is 1. The second-order valence-electron chi connectivity index (χ2n) is 10.0. The maximum Gasteiger partial charge on any atom is 0.335 e. The lowest BCUT2D eigenvalue weighted by Gasteiger charge is -2.29. The molecule has 7 nitrogen and oxygen atoms in total. The molecule has 6 rings (SSSR count). The predicted octanol–water partition coefficient (Wildman–Crippen LogP) is 7.24. The minimum Gasteiger partial charge on any atom is -0.489 e. The molecule has 2 fully saturated rings. The number of nitrogens with zero attached hydrogens (tertiary/aromatic N) is 1. The molecular formula is C31H24Cl3N3O4. The van der Waals surface area contributed by atoms with Gasteiger partial charge in [-0.1, -0.05) is 57.9 Å². The zero-order chi connectivity index (χ0) is 28.5. The number of aromatic nitrogens is 1. The van der Waals surface area contributed by atoms with Crippen LogP contribution in [0.1, 0.15) is 51.6 Å². The molecule has 2 heterocycles. The minimum absolute atomic E-state index is 0.165. The first-order valence-corrected chi connectivity index (χ1v) is 14.2. The normalized spacial score (nSPS) is 14.6. The van der Waals surface area contributed by atoms with Crippen LogP contribution in [-0.4, -0.2) is 35.4 Å². The Labute approximate surface area is 251 Å². The lowest BCUT2D eigenvalue weighted by atomic mass is 10.0. The van der Waals surface area contributed by atoms with Gasteiger partial charge in [0.25, 0.3) is 0 Å². The highest BCUT2D eigenvalue weighted by atomic mass is 35.5. The number of benzene rings is 3. The van der Waals surface area contributed by atoms with Crippen LogP contribution >= 0.6 is 34.8 Å². The molecule has 1 aromatic heterocycles. The van der Waals surface area contributed by atoms with Gasteiger partial charge in [-0.25, -0.2) is 4.79 Å². The van der Waals surface area contributed by atoms with Gasteiger partial charge in [0.1, 0.15) is 23.8 Å². The Hall–Kier alpha value is -3.67. The van der Waals surface area contributed by atoms with Crippen LogP contribution in [0.15, 0.2) is 59.1 Å². The first kappa shape index (κ1) is 27.5. The fourth-order valence-corrected chi connectivity index (χ4v) is 5.36. The van der Waals surface area contributed by atoms with Gasteiger partial charge in [-0.3, -0.25) is 0 Å². The van der Waals surface area contributed by atoms with E-state index in [-0.39, 0.29) is 18.2 Å². The van der Waals surface area contributed by atoms with E-state index in [1.165, 1.54) is 0 Å².